The number of hydrogen-bond donors (Lipinski definition) is 2. The van der Waals surface area contributed by atoms with Crippen LogP contribution in [0.4, 0.5) is 5.69 Å². The van der Waals surface area contributed by atoms with Crippen LogP contribution in [0.1, 0.15) is 31.2 Å². The van der Waals surface area contributed by atoms with Crippen molar-refractivity contribution in [3.8, 4) is 0 Å². The largest absolute Gasteiger partial charge is 0.345 e. The predicted molar refractivity (Wildman–Crippen MR) is 93.8 cm³/mol. The second kappa shape index (κ2) is 6.70. The molecule has 0 saturated heterocycles. The van der Waals surface area contributed by atoms with Crippen molar-refractivity contribution in [3.63, 3.8) is 0 Å². The Morgan fingerprint density at radius 2 is 2.00 bits per heavy atom. The highest BCUT2D eigenvalue weighted by Crippen LogP contribution is 2.49. The second-order valence-corrected chi connectivity index (χ2v) is 7.04. The summed E-state index contributed by atoms with van der Waals surface area (Å²) >= 11 is 0. The highest BCUT2D eigenvalue weighted by atomic mass is 16.2. The van der Waals surface area contributed by atoms with Gasteiger partial charge in [0.2, 0.25) is 0 Å². The molecule has 2 aromatic rings. The third-order valence-electron chi connectivity index (χ3n) is 5.19. The van der Waals surface area contributed by atoms with Crippen LogP contribution in [0.5, 0.6) is 0 Å². The zero-order valence-corrected chi connectivity index (χ0v) is 14.0. The summed E-state index contributed by atoms with van der Waals surface area (Å²) in [5.41, 5.74) is 1.65. The minimum Gasteiger partial charge on any atom is -0.345 e. The van der Waals surface area contributed by atoms with Crippen molar-refractivity contribution in [1.29, 1.82) is 0 Å². The molecule has 2 fully saturated rings. The minimum absolute atomic E-state index is 0.165. The van der Waals surface area contributed by atoms with Gasteiger partial charge in [-0.05, 0) is 30.2 Å². The van der Waals surface area contributed by atoms with Gasteiger partial charge in [0, 0.05) is 12.2 Å². The number of anilines is 1. The first-order valence-corrected chi connectivity index (χ1v) is 8.87. The molecule has 0 radical (unpaired) electrons. The molecule has 1 aromatic carbocycles. The lowest BCUT2D eigenvalue weighted by molar-refractivity contribution is -0.136. The fraction of sp³-hybridized carbons (Fsp3) is 0.421. The topological polar surface area (TPSA) is 76.0 Å². The third-order valence-corrected chi connectivity index (χ3v) is 5.19. The summed E-state index contributed by atoms with van der Waals surface area (Å²) in [5, 5.41) is 9.76. The minimum atomic E-state index is -0.623. The molecule has 2 amide bonds. The average molecular weight is 338 g/mol. The van der Waals surface area contributed by atoms with Crippen LogP contribution in [0.3, 0.4) is 0 Å². The molecule has 130 valence electrons. The van der Waals surface area contributed by atoms with Crippen LogP contribution in [0.25, 0.3) is 0 Å². The molecule has 4 rings (SSSR count). The number of benzene rings is 1. The van der Waals surface area contributed by atoms with Gasteiger partial charge in [-0.1, -0.05) is 43.2 Å². The molecule has 3 atom stereocenters. The molecule has 25 heavy (non-hydrogen) atoms. The normalized spacial score (nSPS) is 24.2. The Morgan fingerprint density at radius 1 is 1.16 bits per heavy atom. The lowest BCUT2D eigenvalue weighted by Gasteiger charge is -2.22. The van der Waals surface area contributed by atoms with Crippen molar-refractivity contribution < 1.29 is 9.59 Å². The number of rotatable bonds is 4. The summed E-state index contributed by atoms with van der Waals surface area (Å²) in [4.78, 5) is 24.2. The van der Waals surface area contributed by atoms with E-state index >= 15 is 0 Å². The van der Waals surface area contributed by atoms with Gasteiger partial charge in [-0.3, -0.25) is 14.3 Å². The van der Waals surface area contributed by atoms with E-state index in [9.17, 15) is 9.59 Å². The predicted octanol–water partition coefficient (Wildman–Crippen LogP) is 2.17. The molecule has 3 unspecified atom stereocenters. The van der Waals surface area contributed by atoms with E-state index in [0.717, 1.165) is 24.3 Å². The van der Waals surface area contributed by atoms with Crippen molar-refractivity contribution >= 4 is 17.5 Å². The number of carbonyl (C=O) groups is 2. The van der Waals surface area contributed by atoms with E-state index in [1.165, 1.54) is 12.8 Å². The molecule has 0 bridgehead atoms. The van der Waals surface area contributed by atoms with Gasteiger partial charge in [-0.2, -0.15) is 5.10 Å². The molecular formula is C19H22N4O2. The zero-order chi connectivity index (χ0) is 17.2. The second-order valence-electron chi connectivity index (χ2n) is 7.04. The van der Waals surface area contributed by atoms with Crippen molar-refractivity contribution in [2.24, 2.45) is 11.8 Å². The van der Waals surface area contributed by atoms with Crippen LogP contribution in [0, 0.1) is 11.8 Å². The maximum atomic E-state index is 12.1. The summed E-state index contributed by atoms with van der Waals surface area (Å²) in [7, 11) is 0. The monoisotopic (exact) mass is 338 g/mol. The van der Waals surface area contributed by atoms with Crippen LogP contribution >= 0.6 is 0 Å². The molecule has 2 N–H and O–H groups in total. The lowest BCUT2D eigenvalue weighted by atomic mass is 9.95. The Hall–Kier alpha value is -2.63. The van der Waals surface area contributed by atoms with Gasteiger partial charge >= 0.3 is 11.8 Å². The Labute approximate surface area is 146 Å². The van der Waals surface area contributed by atoms with E-state index < -0.39 is 11.8 Å². The third kappa shape index (κ3) is 3.73. The first kappa shape index (κ1) is 15.9. The van der Waals surface area contributed by atoms with Crippen LogP contribution in [0.2, 0.25) is 0 Å². The SMILES string of the molecule is O=C(Nc1cnn(Cc2ccccc2)c1)C(=O)NC1CCCC2CC21. The fourth-order valence-corrected chi connectivity index (χ4v) is 3.80. The molecular weight excluding hydrogens is 316 g/mol. The average Bonchev–Trinajstić information content (AvgIpc) is 3.30. The maximum absolute atomic E-state index is 12.1. The quantitative estimate of drug-likeness (QED) is 0.839. The summed E-state index contributed by atoms with van der Waals surface area (Å²) in [6, 6.07) is 10.1. The first-order chi connectivity index (χ1) is 12.2. The Kier molecular flexibility index (Phi) is 4.26. The molecule has 6 heteroatoms. The number of hydrogen-bond acceptors (Lipinski definition) is 3. The molecule has 1 aromatic heterocycles. The van der Waals surface area contributed by atoms with Crippen molar-refractivity contribution in [1.82, 2.24) is 15.1 Å². The van der Waals surface area contributed by atoms with Gasteiger partial charge in [0.25, 0.3) is 0 Å². The van der Waals surface area contributed by atoms with Crippen molar-refractivity contribution in [2.45, 2.75) is 38.3 Å². The highest BCUT2D eigenvalue weighted by molar-refractivity contribution is 6.39. The van der Waals surface area contributed by atoms with E-state index in [2.05, 4.69) is 15.7 Å². The van der Waals surface area contributed by atoms with Crippen molar-refractivity contribution in [3.05, 3.63) is 48.3 Å². The Morgan fingerprint density at radius 3 is 2.84 bits per heavy atom. The Balaban J connectivity index is 1.31. The molecule has 6 nitrogen and oxygen atoms in total. The van der Waals surface area contributed by atoms with Gasteiger partial charge in [0.15, 0.2) is 0 Å². The van der Waals surface area contributed by atoms with Crippen molar-refractivity contribution in [2.75, 3.05) is 5.32 Å². The van der Waals surface area contributed by atoms with Crippen LogP contribution in [0.15, 0.2) is 42.7 Å². The molecule has 1 heterocycles. The highest BCUT2D eigenvalue weighted by Gasteiger charge is 2.45. The lowest BCUT2D eigenvalue weighted by Crippen LogP contribution is -2.43. The van der Waals surface area contributed by atoms with E-state index in [1.807, 2.05) is 30.3 Å². The summed E-state index contributed by atoms with van der Waals surface area (Å²) < 4.78 is 1.73. The molecule has 0 aliphatic heterocycles. The molecule has 0 spiro atoms. The van der Waals surface area contributed by atoms with Crippen LogP contribution in [-0.4, -0.2) is 27.6 Å². The van der Waals surface area contributed by atoms with Gasteiger partial charge in [0.1, 0.15) is 0 Å². The summed E-state index contributed by atoms with van der Waals surface area (Å²) in [6.07, 6.45) is 7.87. The van der Waals surface area contributed by atoms with E-state index in [1.54, 1.807) is 17.1 Å². The number of aromatic nitrogens is 2. The summed E-state index contributed by atoms with van der Waals surface area (Å²) in [5.74, 6) is 0.174. The Bertz CT molecular complexity index is 771. The van der Waals surface area contributed by atoms with Gasteiger partial charge < -0.3 is 10.6 Å². The summed E-state index contributed by atoms with van der Waals surface area (Å²) in [6.45, 7) is 0.619. The van der Waals surface area contributed by atoms with Gasteiger partial charge in [-0.15, -0.1) is 0 Å². The molecule has 2 aliphatic carbocycles. The maximum Gasteiger partial charge on any atom is 0.313 e. The molecule has 2 saturated carbocycles. The first-order valence-electron chi connectivity index (χ1n) is 8.87. The number of fused-ring (bicyclic) bond motifs is 1. The van der Waals surface area contributed by atoms with E-state index in [4.69, 9.17) is 0 Å². The van der Waals surface area contributed by atoms with Crippen LogP contribution < -0.4 is 10.6 Å². The van der Waals surface area contributed by atoms with Gasteiger partial charge in [-0.25, -0.2) is 0 Å². The number of carbonyl (C=O) groups excluding carboxylic acids is 2. The van der Waals surface area contributed by atoms with E-state index in [0.29, 0.717) is 18.2 Å². The molecule has 2 aliphatic rings. The standard InChI is InChI=1S/C19H22N4O2/c24-18(19(25)22-17-8-4-7-14-9-16(14)17)21-15-10-20-23(12-15)11-13-5-2-1-3-6-13/h1-3,5-6,10,12,14,16-17H,4,7-9,11H2,(H,21,24)(H,22,25). The smallest absolute Gasteiger partial charge is 0.313 e. The zero-order valence-electron chi connectivity index (χ0n) is 14.0. The number of nitrogens with zero attached hydrogens (tertiary/aromatic N) is 2. The number of amides is 2. The van der Waals surface area contributed by atoms with Crippen LogP contribution in [-0.2, 0) is 16.1 Å². The fourth-order valence-electron chi connectivity index (χ4n) is 3.80. The number of nitrogens with one attached hydrogen (secondary N) is 2. The van der Waals surface area contributed by atoms with E-state index in [-0.39, 0.29) is 6.04 Å². The van der Waals surface area contributed by atoms with Gasteiger partial charge in [0.05, 0.1) is 18.4 Å².